The Morgan fingerprint density at radius 1 is 1.17 bits per heavy atom. The van der Waals surface area contributed by atoms with E-state index in [9.17, 15) is 9.59 Å². The fourth-order valence-electron chi connectivity index (χ4n) is 2.94. The highest BCUT2D eigenvalue weighted by Gasteiger charge is 2.18. The second-order valence-electron chi connectivity index (χ2n) is 6.55. The van der Waals surface area contributed by atoms with E-state index in [0.29, 0.717) is 23.6 Å². The van der Waals surface area contributed by atoms with Gasteiger partial charge in [-0.05, 0) is 18.6 Å². The average molecular weight is 392 g/mol. The summed E-state index contributed by atoms with van der Waals surface area (Å²) >= 11 is 0. The van der Waals surface area contributed by atoms with Gasteiger partial charge in [-0.2, -0.15) is 4.98 Å². The minimum Gasteiger partial charge on any atom is -0.354 e. The van der Waals surface area contributed by atoms with Crippen LogP contribution < -0.4 is 11.0 Å². The first-order valence-corrected chi connectivity index (χ1v) is 9.41. The van der Waals surface area contributed by atoms with Crippen LogP contribution in [0.25, 0.3) is 28.5 Å². The van der Waals surface area contributed by atoms with Gasteiger partial charge in [0.1, 0.15) is 6.54 Å². The van der Waals surface area contributed by atoms with Crippen LogP contribution in [0, 0.1) is 0 Å². The van der Waals surface area contributed by atoms with Crippen LogP contribution in [0.1, 0.15) is 19.8 Å². The van der Waals surface area contributed by atoms with E-state index in [-0.39, 0.29) is 18.3 Å². The molecule has 4 rings (SSSR count). The third-order valence-electron chi connectivity index (χ3n) is 4.44. The molecular weight excluding hydrogens is 372 g/mol. The van der Waals surface area contributed by atoms with Crippen LogP contribution in [0.15, 0.2) is 58.0 Å². The summed E-state index contributed by atoms with van der Waals surface area (Å²) in [7, 11) is 0. The van der Waals surface area contributed by atoms with Crippen LogP contribution in [0.4, 0.5) is 0 Å². The molecule has 0 aliphatic rings. The summed E-state index contributed by atoms with van der Waals surface area (Å²) < 4.78 is 7.90. The van der Waals surface area contributed by atoms with E-state index in [1.165, 1.54) is 4.40 Å². The van der Waals surface area contributed by atoms with Gasteiger partial charge in [0.2, 0.25) is 11.7 Å². The molecule has 0 saturated carbocycles. The van der Waals surface area contributed by atoms with Gasteiger partial charge in [-0.25, -0.2) is 13.9 Å². The zero-order chi connectivity index (χ0) is 20.2. The van der Waals surface area contributed by atoms with Crippen LogP contribution in [0.2, 0.25) is 0 Å². The molecule has 1 amide bonds. The number of rotatable bonds is 7. The molecule has 0 radical (unpaired) electrons. The molecule has 9 heteroatoms. The Morgan fingerprint density at radius 2 is 2.00 bits per heavy atom. The molecule has 9 nitrogen and oxygen atoms in total. The summed E-state index contributed by atoms with van der Waals surface area (Å²) in [4.78, 5) is 29.1. The van der Waals surface area contributed by atoms with E-state index >= 15 is 0 Å². The average Bonchev–Trinajstić information content (AvgIpc) is 3.35. The standard InChI is InChI=1S/C20H20N6O3/c1-2-3-11-21-16(27)13-26-20(28)25-12-7-10-15(18(25)23-26)19-22-17(24-29-19)14-8-5-4-6-9-14/h4-10,12H,2-3,11,13H2,1H3,(H,21,27). The maximum Gasteiger partial charge on any atom is 0.350 e. The van der Waals surface area contributed by atoms with Crippen molar-refractivity contribution in [3.05, 3.63) is 59.1 Å². The van der Waals surface area contributed by atoms with Gasteiger partial charge in [0.15, 0.2) is 5.65 Å². The number of carbonyl (C=O) groups excluding carboxylic acids is 1. The van der Waals surface area contributed by atoms with Crippen molar-refractivity contribution in [3.63, 3.8) is 0 Å². The number of pyridine rings is 1. The molecule has 0 spiro atoms. The lowest BCUT2D eigenvalue weighted by molar-refractivity contribution is -0.121. The molecule has 0 bridgehead atoms. The Bertz CT molecular complexity index is 1190. The lowest BCUT2D eigenvalue weighted by atomic mass is 10.2. The molecule has 29 heavy (non-hydrogen) atoms. The molecule has 0 atom stereocenters. The predicted octanol–water partition coefficient (Wildman–Crippen LogP) is 2.13. The minimum absolute atomic E-state index is 0.150. The second-order valence-corrected chi connectivity index (χ2v) is 6.55. The summed E-state index contributed by atoms with van der Waals surface area (Å²) in [6.45, 7) is 2.47. The van der Waals surface area contributed by atoms with Gasteiger partial charge >= 0.3 is 5.69 Å². The second kappa shape index (κ2) is 8.09. The van der Waals surface area contributed by atoms with Gasteiger partial charge in [-0.1, -0.05) is 48.8 Å². The number of nitrogens with zero attached hydrogens (tertiary/aromatic N) is 5. The first-order chi connectivity index (χ1) is 14.2. The van der Waals surface area contributed by atoms with Crippen molar-refractivity contribution in [2.45, 2.75) is 26.3 Å². The Kier molecular flexibility index (Phi) is 5.19. The third kappa shape index (κ3) is 3.79. The Hall–Kier alpha value is -3.75. The lowest BCUT2D eigenvalue weighted by Gasteiger charge is -2.02. The number of fused-ring (bicyclic) bond motifs is 1. The molecule has 1 N–H and O–H groups in total. The molecule has 0 aliphatic heterocycles. The van der Waals surface area contributed by atoms with Crippen molar-refractivity contribution in [1.82, 2.24) is 29.6 Å². The van der Waals surface area contributed by atoms with Gasteiger partial charge in [0, 0.05) is 18.3 Å². The van der Waals surface area contributed by atoms with Crippen LogP contribution >= 0.6 is 0 Å². The predicted molar refractivity (Wildman–Crippen MR) is 106 cm³/mol. The lowest BCUT2D eigenvalue weighted by Crippen LogP contribution is -2.33. The van der Waals surface area contributed by atoms with Crippen LogP contribution in [0.3, 0.4) is 0 Å². The SMILES string of the molecule is CCCCNC(=O)Cn1nc2c(-c3nc(-c4ccccc4)no3)cccn2c1=O. The summed E-state index contributed by atoms with van der Waals surface area (Å²) in [6, 6.07) is 12.9. The van der Waals surface area contributed by atoms with E-state index in [0.717, 1.165) is 23.1 Å². The highest BCUT2D eigenvalue weighted by atomic mass is 16.5. The largest absolute Gasteiger partial charge is 0.354 e. The smallest absolute Gasteiger partial charge is 0.350 e. The van der Waals surface area contributed by atoms with E-state index in [2.05, 4.69) is 20.6 Å². The first kappa shape index (κ1) is 18.6. The van der Waals surface area contributed by atoms with Crippen LogP contribution in [-0.2, 0) is 11.3 Å². The first-order valence-electron chi connectivity index (χ1n) is 9.41. The summed E-state index contributed by atoms with van der Waals surface area (Å²) in [5.41, 5.74) is 1.28. The number of benzene rings is 1. The van der Waals surface area contributed by atoms with Crippen molar-refractivity contribution in [3.8, 4) is 22.8 Å². The number of nitrogens with one attached hydrogen (secondary N) is 1. The van der Waals surface area contributed by atoms with E-state index in [1.807, 2.05) is 37.3 Å². The number of aromatic nitrogens is 5. The zero-order valence-electron chi connectivity index (χ0n) is 15.9. The van der Waals surface area contributed by atoms with E-state index in [1.54, 1.807) is 18.3 Å². The Morgan fingerprint density at radius 3 is 2.79 bits per heavy atom. The van der Waals surface area contributed by atoms with E-state index < -0.39 is 5.69 Å². The van der Waals surface area contributed by atoms with Gasteiger partial charge in [-0.3, -0.25) is 4.79 Å². The van der Waals surface area contributed by atoms with Gasteiger partial charge in [0.25, 0.3) is 5.89 Å². The molecule has 0 unspecified atom stereocenters. The van der Waals surface area contributed by atoms with Crippen molar-refractivity contribution in [1.29, 1.82) is 0 Å². The fourth-order valence-corrected chi connectivity index (χ4v) is 2.94. The monoisotopic (exact) mass is 392 g/mol. The Balaban J connectivity index is 1.66. The fraction of sp³-hybridized carbons (Fsp3) is 0.250. The molecule has 0 saturated heterocycles. The molecule has 0 fully saturated rings. The molecule has 3 heterocycles. The quantitative estimate of drug-likeness (QED) is 0.483. The molecule has 1 aromatic carbocycles. The van der Waals surface area contributed by atoms with Crippen molar-refractivity contribution in [2.75, 3.05) is 6.54 Å². The number of hydrogen-bond acceptors (Lipinski definition) is 6. The van der Waals surface area contributed by atoms with Crippen LogP contribution in [0.5, 0.6) is 0 Å². The van der Waals surface area contributed by atoms with Crippen molar-refractivity contribution >= 4 is 11.6 Å². The highest BCUT2D eigenvalue weighted by Crippen LogP contribution is 2.24. The van der Waals surface area contributed by atoms with Crippen LogP contribution in [-0.4, -0.2) is 36.8 Å². The molecular formula is C20H20N6O3. The zero-order valence-corrected chi connectivity index (χ0v) is 15.9. The maximum atomic E-state index is 12.6. The number of amides is 1. The molecule has 0 aliphatic carbocycles. The third-order valence-corrected chi connectivity index (χ3v) is 4.44. The Labute approximate surface area is 166 Å². The minimum atomic E-state index is -0.407. The van der Waals surface area contributed by atoms with Crippen molar-refractivity contribution < 1.29 is 9.32 Å². The maximum absolute atomic E-state index is 12.6. The number of carbonyl (C=O) groups is 1. The number of hydrogen-bond donors (Lipinski definition) is 1. The van der Waals surface area contributed by atoms with E-state index in [4.69, 9.17) is 4.52 Å². The summed E-state index contributed by atoms with van der Waals surface area (Å²) in [5, 5.41) is 11.1. The summed E-state index contributed by atoms with van der Waals surface area (Å²) in [5.74, 6) is 0.438. The number of unbranched alkanes of at least 4 members (excludes halogenated alkanes) is 1. The topological polar surface area (TPSA) is 107 Å². The normalized spacial score (nSPS) is 11.1. The molecule has 148 valence electrons. The van der Waals surface area contributed by atoms with Crippen molar-refractivity contribution in [2.24, 2.45) is 0 Å². The van der Waals surface area contributed by atoms with Gasteiger partial charge in [0.05, 0.1) is 5.56 Å². The molecule has 4 aromatic rings. The highest BCUT2D eigenvalue weighted by molar-refractivity contribution is 5.76. The van der Waals surface area contributed by atoms with Gasteiger partial charge < -0.3 is 9.84 Å². The molecule has 3 aromatic heterocycles. The van der Waals surface area contributed by atoms with Gasteiger partial charge in [-0.15, -0.1) is 5.10 Å². The summed E-state index contributed by atoms with van der Waals surface area (Å²) in [6.07, 6.45) is 3.46.